The summed E-state index contributed by atoms with van der Waals surface area (Å²) in [6, 6.07) is 17.7. The molecule has 0 spiro atoms. The molecule has 1 unspecified atom stereocenters. The van der Waals surface area contributed by atoms with E-state index in [4.69, 9.17) is 0 Å². The van der Waals surface area contributed by atoms with Crippen molar-refractivity contribution in [1.29, 1.82) is 0 Å². The summed E-state index contributed by atoms with van der Waals surface area (Å²) in [4.78, 5) is 0. The van der Waals surface area contributed by atoms with Gasteiger partial charge in [0.15, 0.2) is 0 Å². The molecule has 0 aliphatic heterocycles. The summed E-state index contributed by atoms with van der Waals surface area (Å²) in [6.45, 7) is 7.51. The van der Waals surface area contributed by atoms with E-state index in [1.165, 1.54) is 22.3 Å². The number of hydrogen-bond donors (Lipinski definition) is 1. The molecule has 1 atom stereocenters. The number of aryl methyl sites for hydroxylation is 1. The van der Waals surface area contributed by atoms with Crippen molar-refractivity contribution in [1.82, 2.24) is 5.32 Å². The van der Waals surface area contributed by atoms with Crippen molar-refractivity contribution in [2.75, 3.05) is 6.54 Å². The lowest BCUT2D eigenvalue weighted by Gasteiger charge is -2.14. The van der Waals surface area contributed by atoms with Gasteiger partial charge >= 0.3 is 0 Å². The summed E-state index contributed by atoms with van der Waals surface area (Å²) in [5, 5.41) is 3.46. The average Bonchev–Trinajstić information content (AvgIpc) is 2.40. The Kier molecular flexibility index (Phi) is 4.16. The zero-order valence-corrected chi connectivity index (χ0v) is 11.4. The van der Waals surface area contributed by atoms with E-state index in [2.05, 4.69) is 74.6 Å². The van der Waals surface area contributed by atoms with E-state index in [9.17, 15) is 0 Å². The molecule has 2 aromatic carbocycles. The van der Waals surface area contributed by atoms with Crippen LogP contribution in [0.5, 0.6) is 0 Å². The summed E-state index contributed by atoms with van der Waals surface area (Å²) in [7, 11) is 0. The Morgan fingerprint density at radius 1 is 1.06 bits per heavy atom. The number of hydrogen-bond acceptors (Lipinski definition) is 1. The molecule has 1 heteroatoms. The van der Waals surface area contributed by atoms with Gasteiger partial charge in [0.1, 0.15) is 0 Å². The highest BCUT2D eigenvalue weighted by atomic mass is 14.9. The van der Waals surface area contributed by atoms with Crippen LogP contribution < -0.4 is 5.32 Å². The maximum atomic E-state index is 3.46. The number of benzene rings is 2. The van der Waals surface area contributed by atoms with Crippen LogP contribution in [0.4, 0.5) is 0 Å². The highest BCUT2D eigenvalue weighted by Gasteiger charge is 2.06. The van der Waals surface area contributed by atoms with Crippen molar-refractivity contribution < 1.29 is 0 Å². The lowest BCUT2D eigenvalue weighted by atomic mass is 9.97. The van der Waals surface area contributed by atoms with Gasteiger partial charge in [-0.1, -0.05) is 49.4 Å². The van der Waals surface area contributed by atoms with Gasteiger partial charge in [-0.15, -0.1) is 0 Å². The van der Waals surface area contributed by atoms with Crippen molar-refractivity contribution in [2.24, 2.45) is 0 Å². The minimum Gasteiger partial charge on any atom is -0.310 e. The summed E-state index contributed by atoms with van der Waals surface area (Å²) in [6.07, 6.45) is 0. The first-order valence-corrected chi connectivity index (χ1v) is 6.61. The fraction of sp³-hybridized carbons (Fsp3) is 0.294. The van der Waals surface area contributed by atoms with Crippen molar-refractivity contribution >= 4 is 0 Å². The third-order valence-corrected chi connectivity index (χ3v) is 3.35. The lowest BCUT2D eigenvalue weighted by molar-refractivity contribution is 0.598. The Morgan fingerprint density at radius 2 is 1.83 bits per heavy atom. The van der Waals surface area contributed by atoms with Gasteiger partial charge in [0, 0.05) is 6.04 Å². The fourth-order valence-electron chi connectivity index (χ4n) is 2.30. The summed E-state index contributed by atoms with van der Waals surface area (Å²) >= 11 is 0. The molecule has 0 aliphatic rings. The van der Waals surface area contributed by atoms with Crippen LogP contribution in [0, 0.1) is 6.92 Å². The molecule has 0 amide bonds. The third kappa shape index (κ3) is 2.80. The second-order valence-electron chi connectivity index (χ2n) is 4.72. The molecule has 18 heavy (non-hydrogen) atoms. The number of rotatable bonds is 4. The molecule has 94 valence electrons. The second-order valence-corrected chi connectivity index (χ2v) is 4.72. The zero-order chi connectivity index (χ0) is 13.0. The van der Waals surface area contributed by atoms with Crippen molar-refractivity contribution in [2.45, 2.75) is 26.8 Å². The van der Waals surface area contributed by atoms with Crippen LogP contribution >= 0.6 is 0 Å². The van der Waals surface area contributed by atoms with Gasteiger partial charge in [-0.2, -0.15) is 0 Å². The van der Waals surface area contributed by atoms with Gasteiger partial charge in [0.2, 0.25) is 0 Å². The molecule has 1 N–H and O–H groups in total. The van der Waals surface area contributed by atoms with Gasteiger partial charge in [-0.25, -0.2) is 0 Å². The van der Waals surface area contributed by atoms with Crippen LogP contribution in [-0.4, -0.2) is 6.54 Å². The van der Waals surface area contributed by atoms with Gasteiger partial charge in [-0.05, 0) is 48.7 Å². The summed E-state index contributed by atoms with van der Waals surface area (Å²) in [5.74, 6) is 0. The van der Waals surface area contributed by atoms with Crippen LogP contribution in [-0.2, 0) is 0 Å². The molecule has 0 saturated heterocycles. The molecule has 0 saturated carbocycles. The second kappa shape index (κ2) is 5.83. The van der Waals surface area contributed by atoms with Gasteiger partial charge in [0.05, 0.1) is 0 Å². The standard InChI is InChI=1S/C17H21N/c1-4-18-14(3)15-9-7-10-16(12-15)17-11-6-5-8-13(17)2/h5-12,14,18H,4H2,1-3H3. The van der Waals surface area contributed by atoms with Crippen molar-refractivity contribution in [3.05, 3.63) is 59.7 Å². The molecule has 0 radical (unpaired) electrons. The summed E-state index contributed by atoms with van der Waals surface area (Å²) < 4.78 is 0. The monoisotopic (exact) mass is 239 g/mol. The predicted molar refractivity (Wildman–Crippen MR) is 78.7 cm³/mol. The smallest absolute Gasteiger partial charge is 0.0291 e. The first-order chi connectivity index (χ1) is 8.72. The average molecular weight is 239 g/mol. The zero-order valence-electron chi connectivity index (χ0n) is 11.4. The molecule has 1 nitrogen and oxygen atoms in total. The van der Waals surface area contributed by atoms with Crippen LogP contribution in [0.15, 0.2) is 48.5 Å². The van der Waals surface area contributed by atoms with E-state index in [0.717, 1.165) is 6.54 Å². The van der Waals surface area contributed by atoms with Crippen LogP contribution in [0.1, 0.15) is 31.0 Å². The third-order valence-electron chi connectivity index (χ3n) is 3.35. The van der Waals surface area contributed by atoms with Crippen LogP contribution in [0.2, 0.25) is 0 Å². The van der Waals surface area contributed by atoms with E-state index in [-0.39, 0.29) is 0 Å². The quantitative estimate of drug-likeness (QED) is 0.837. The minimum absolute atomic E-state index is 0.402. The SMILES string of the molecule is CCNC(C)c1cccc(-c2ccccc2C)c1. The van der Waals surface area contributed by atoms with Gasteiger partial charge < -0.3 is 5.32 Å². The molecule has 0 bridgehead atoms. The molecule has 0 fully saturated rings. The van der Waals surface area contributed by atoms with Crippen LogP contribution in [0.3, 0.4) is 0 Å². The molecule has 2 aromatic rings. The van der Waals surface area contributed by atoms with E-state index < -0.39 is 0 Å². The maximum absolute atomic E-state index is 3.46. The van der Waals surface area contributed by atoms with Crippen LogP contribution in [0.25, 0.3) is 11.1 Å². The Bertz CT molecular complexity index is 517. The van der Waals surface area contributed by atoms with E-state index in [0.29, 0.717) is 6.04 Å². The van der Waals surface area contributed by atoms with Crippen molar-refractivity contribution in [3.63, 3.8) is 0 Å². The molecular formula is C17H21N. The molecule has 0 aliphatic carbocycles. The van der Waals surface area contributed by atoms with Crippen molar-refractivity contribution in [3.8, 4) is 11.1 Å². The normalized spacial score (nSPS) is 12.4. The highest BCUT2D eigenvalue weighted by Crippen LogP contribution is 2.25. The Balaban J connectivity index is 2.36. The Labute approximate surface area is 110 Å². The minimum atomic E-state index is 0.402. The van der Waals surface area contributed by atoms with E-state index >= 15 is 0 Å². The topological polar surface area (TPSA) is 12.0 Å². The molecular weight excluding hydrogens is 218 g/mol. The Hall–Kier alpha value is -1.60. The number of nitrogens with one attached hydrogen (secondary N) is 1. The fourth-order valence-corrected chi connectivity index (χ4v) is 2.30. The van der Waals surface area contributed by atoms with Gasteiger partial charge in [0.25, 0.3) is 0 Å². The highest BCUT2D eigenvalue weighted by molar-refractivity contribution is 5.67. The molecule has 0 aromatic heterocycles. The maximum Gasteiger partial charge on any atom is 0.0291 e. The largest absolute Gasteiger partial charge is 0.310 e. The lowest BCUT2D eigenvalue weighted by Crippen LogP contribution is -2.17. The predicted octanol–water partition coefficient (Wildman–Crippen LogP) is 4.33. The molecule has 0 heterocycles. The first kappa shape index (κ1) is 12.8. The molecule has 2 rings (SSSR count). The van der Waals surface area contributed by atoms with E-state index in [1.807, 2.05) is 0 Å². The summed E-state index contributed by atoms with van der Waals surface area (Å²) in [5.41, 5.74) is 5.29. The first-order valence-electron chi connectivity index (χ1n) is 6.61. The van der Waals surface area contributed by atoms with Gasteiger partial charge in [-0.3, -0.25) is 0 Å². The Morgan fingerprint density at radius 3 is 2.56 bits per heavy atom. The van der Waals surface area contributed by atoms with E-state index in [1.54, 1.807) is 0 Å².